The number of ether oxygens (including phenoxy) is 1. The minimum Gasteiger partial charge on any atom is -0.497 e. The zero-order valence-electron chi connectivity index (χ0n) is 17.3. The standard InChI is InChI=1S/C26H24N2O2S/c1-30-22-14-12-19(13-15-22)23-18-31-24(28-23)16-17-27-26(29)25(20-8-4-2-5-9-20)21-10-6-3-7-11-21/h2-15,18,25H,16-17H2,1H3,(H,27,29). The molecule has 4 aromatic rings. The summed E-state index contributed by atoms with van der Waals surface area (Å²) >= 11 is 1.61. The second-order valence-corrected chi connectivity index (χ2v) is 8.09. The number of benzene rings is 3. The van der Waals surface area contributed by atoms with Crippen LogP contribution in [0.1, 0.15) is 22.1 Å². The molecule has 0 radical (unpaired) electrons. The van der Waals surface area contributed by atoms with Crippen LogP contribution in [-0.2, 0) is 11.2 Å². The van der Waals surface area contributed by atoms with Gasteiger partial charge in [0, 0.05) is 23.9 Å². The predicted octanol–water partition coefficient (Wildman–Crippen LogP) is 5.31. The number of carbonyl (C=O) groups excluding carboxylic acids is 1. The van der Waals surface area contributed by atoms with Crippen molar-refractivity contribution in [2.45, 2.75) is 12.3 Å². The normalized spacial score (nSPS) is 10.8. The summed E-state index contributed by atoms with van der Waals surface area (Å²) in [5.41, 5.74) is 3.98. The fraction of sp³-hybridized carbons (Fsp3) is 0.154. The van der Waals surface area contributed by atoms with Crippen molar-refractivity contribution in [2.75, 3.05) is 13.7 Å². The van der Waals surface area contributed by atoms with Gasteiger partial charge in [-0.25, -0.2) is 4.98 Å². The largest absolute Gasteiger partial charge is 0.497 e. The number of nitrogens with one attached hydrogen (secondary N) is 1. The Labute approximate surface area is 186 Å². The fourth-order valence-corrected chi connectivity index (χ4v) is 4.31. The molecule has 0 aliphatic rings. The number of methoxy groups -OCH3 is 1. The summed E-state index contributed by atoms with van der Waals surface area (Å²) in [6.45, 7) is 0.546. The highest BCUT2D eigenvalue weighted by molar-refractivity contribution is 7.09. The number of carbonyl (C=O) groups is 1. The van der Waals surface area contributed by atoms with Gasteiger partial charge in [0.15, 0.2) is 0 Å². The highest BCUT2D eigenvalue weighted by Crippen LogP contribution is 2.26. The monoisotopic (exact) mass is 428 g/mol. The molecule has 1 aromatic heterocycles. The SMILES string of the molecule is COc1ccc(-c2csc(CCNC(=O)C(c3ccccc3)c3ccccc3)n2)cc1. The van der Waals surface area contributed by atoms with E-state index in [4.69, 9.17) is 9.72 Å². The maximum Gasteiger partial charge on any atom is 0.232 e. The molecule has 1 heterocycles. The van der Waals surface area contributed by atoms with Crippen molar-refractivity contribution in [3.05, 3.63) is 106 Å². The number of hydrogen-bond acceptors (Lipinski definition) is 4. The van der Waals surface area contributed by atoms with Gasteiger partial charge in [0.2, 0.25) is 5.91 Å². The molecule has 3 aromatic carbocycles. The lowest BCUT2D eigenvalue weighted by atomic mass is 9.90. The van der Waals surface area contributed by atoms with Crippen LogP contribution in [-0.4, -0.2) is 24.5 Å². The molecule has 4 nitrogen and oxygen atoms in total. The van der Waals surface area contributed by atoms with Crippen LogP contribution in [0.25, 0.3) is 11.3 Å². The fourth-order valence-electron chi connectivity index (χ4n) is 3.50. The molecule has 0 saturated heterocycles. The molecule has 5 heteroatoms. The summed E-state index contributed by atoms with van der Waals surface area (Å²) in [6, 6.07) is 27.7. The van der Waals surface area contributed by atoms with E-state index in [0.29, 0.717) is 13.0 Å². The minimum atomic E-state index is -0.325. The summed E-state index contributed by atoms with van der Waals surface area (Å²) in [4.78, 5) is 17.8. The number of amides is 1. The van der Waals surface area contributed by atoms with Crippen LogP contribution in [0.15, 0.2) is 90.3 Å². The molecule has 0 unspecified atom stereocenters. The van der Waals surface area contributed by atoms with Gasteiger partial charge in [-0.05, 0) is 35.4 Å². The second kappa shape index (κ2) is 10.0. The molecule has 0 aliphatic heterocycles. The minimum absolute atomic E-state index is 0.00401. The predicted molar refractivity (Wildman–Crippen MR) is 126 cm³/mol. The average molecular weight is 429 g/mol. The van der Waals surface area contributed by atoms with Crippen molar-refractivity contribution < 1.29 is 9.53 Å². The highest BCUT2D eigenvalue weighted by atomic mass is 32.1. The van der Waals surface area contributed by atoms with Gasteiger partial charge in [-0.2, -0.15) is 0 Å². The zero-order valence-corrected chi connectivity index (χ0v) is 18.1. The molecule has 0 spiro atoms. The Kier molecular flexibility index (Phi) is 6.75. The van der Waals surface area contributed by atoms with E-state index < -0.39 is 0 Å². The third-order valence-corrected chi connectivity index (χ3v) is 6.01. The molecule has 1 amide bonds. The third-order valence-electron chi connectivity index (χ3n) is 5.10. The summed E-state index contributed by atoms with van der Waals surface area (Å²) in [7, 11) is 1.66. The third kappa shape index (κ3) is 5.19. The lowest BCUT2D eigenvalue weighted by Crippen LogP contribution is -2.31. The van der Waals surface area contributed by atoms with E-state index in [2.05, 4.69) is 10.7 Å². The molecule has 0 saturated carbocycles. The van der Waals surface area contributed by atoms with Crippen LogP contribution in [0, 0.1) is 0 Å². The van der Waals surface area contributed by atoms with Gasteiger partial charge in [-0.15, -0.1) is 11.3 Å². The summed E-state index contributed by atoms with van der Waals surface area (Å²) < 4.78 is 5.21. The van der Waals surface area contributed by atoms with E-state index >= 15 is 0 Å². The molecular formula is C26H24N2O2S. The highest BCUT2D eigenvalue weighted by Gasteiger charge is 2.22. The molecule has 0 aliphatic carbocycles. The van der Waals surface area contributed by atoms with Crippen LogP contribution in [0.3, 0.4) is 0 Å². The summed E-state index contributed by atoms with van der Waals surface area (Å²) in [6.07, 6.45) is 0.697. The van der Waals surface area contributed by atoms with Gasteiger partial charge in [-0.3, -0.25) is 4.79 Å². The lowest BCUT2D eigenvalue weighted by Gasteiger charge is -2.17. The molecule has 31 heavy (non-hydrogen) atoms. The van der Waals surface area contributed by atoms with E-state index in [-0.39, 0.29) is 11.8 Å². The van der Waals surface area contributed by atoms with Gasteiger partial charge in [-0.1, -0.05) is 60.7 Å². The number of rotatable bonds is 8. The smallest absolute Gasteiger partial charge is 0.232 e. The number of nitrogens with zero attached hydrogens (tertiary/aromatic N) is 1. The average Bonchev–Trinajstić information content (AvgIpc) is 3.30. The maximum absolute atomic E-state index is 13.1. The summed E-state index contributed by atoms with van der Waals surface area (Å²) in [5.74, 6) is 0.506. The topological polar surface area (TPSA) is 51.2 Å². The van der Waals surface area contributed by atoms with Crippen LogP contribution >= 0.6 is 11.3 Å². The Bertz CT molecular complexity index is 1070. The van der Waals surface area contributed by atoms with Gasteiger partial charge < -0.3 is 10.1 Å². The zero-order chi connectivity index (χ0) is 21.5. The Hall–Kier alpha value is -3.44. The molecule has 156 valence electrons. The molecule has 1 N–H and O–H groups in total. The van der Waals surface area contributed by atoms with Crippen LogP contribution in [0.5, 0.6) is 5.75 Å². The molecule has 0 atom stereocenters. The maximum atomic E-state index is 13.1. The van der Waals surface area contributed by atoms with Crippen LogP contribution in [0.4, 0.5) is 0 Å². The Morgan fingerprint density at radius 3 is 2.13 bits per heavy atom. The van der Waals surface area contributed by atoms with Crippen molar-refractivity contribution >= 4 is 17.2 Å². The first-order valence-electron chi connectivity index (χ1n) is 10.2. The molecular weight excluding hydrogens is 404 g/mol. The van der Waals surface area contributed by atoms with E-state index in [9.17, 15) is 4.79 Å². The van der Waals surface area contributed by atoms with Crippen molar-refractivity contribution in [3.63, 3.8) is 0 Å². The Morgan fingerprint density at radius 2 is 1.55 bits per heavy atom. The van der Waals surface area contributed by atoms with Gasteiger partial charge in [0.05, 0.1) is 23.7 Å². The first-order chi connectivity index (χ1) is 15.2. The number of aromatic nitrogens is 1. The quantitative estimate of drug-likeness (QED) is 0.414. The van der Waals surface area contributed by atoms with Crippen LogP contribution < -0.4 is 10.1 Å². The van der Waals surface area contributed by atoms with Crippen molar-refractivity contribution in [1.29, 1.82) is 0 Å². The molecule has 0 bridgehead atoms. The van der Waals surface area contributed by atoms with Gasteiger partial charge in [0.1, 0.15) is 5.75 Å². The van der Waals surface area contributed by atoms with Crippen molar-refractivity contribution in [3.8, 4) is 17.0 Å². The van der Waals surface area contributed by atoms with Crippen molar-refractivity contribution in [1.82, 2.24) is 10.3 Å². The lowest BCUT2D eigenvalue weighted by molar-refractivity contribution is -0.121. The summed E-state index contributed by atoms with van der Waals surface area (Å²) in [5, 5.41) is 6.16. The van der Waals surface area contributed by atoms with Crippen LogP contribution in [0.2, 0.25) is 0 Å². The number of thiazole rings is 1. The van der Waals surface area contributed by atoms with Gasteiger partial charge in [0.25, 0.3) is 0 Å². The first-order valence-corrected chi connectivity index (χ1v) is 11.1. The molecule has 4 rings (SSSR count). The second-order valence-electron chi connectivity index (χ2n) is 7.15. The first kappa shape index (κ1) is 20.8. The van der Waals surface area contributed by atoms with E-state index in [1.54, 1.807) is 18.4 Å². The molecule has 0 fully saturated rings. The van der Waals surface area contributed by atoms with E-state index in [1.165, 1.54) is 0 Å². The Balaban J connectivity index is 1.40. The van der Waals surface area contributed by atoms with Gasteiger partial charge >= 0.3 is 0 Å². The number of hydrogen-bond donors (Lipinski definition) is 1. The van der Waals surface area contributed by atoms with E-state index in [0.717, 1.165) is 33.1 Å². The Morgan fingerprint density at radius 1 is 0.935 bits per heavy atom. The van der Waals surface area contributed by atoms with Crippen molar-refractivity contribution in [2.24, 2.45) is 0 Å². The van der Waals surface area contributed by atoms with E-state index in [1.807, 2.05) is 84.9 Å².